The van der Waals surface area contributed by atoms with Crippen LogP contribution in [-0.4, -0.2) is 16.3 Å². The third kappa shape index (κ3) is 2.08. The van der Waals surface area contributed by atoms with Crippen LogP contribution in [0.1, 0.15) is 5.56 Å². The molecule has 1 aliphatic rings. The van der Waals surface area contributed by atoms with Gasteiger partial charge in [0.2, 0.25) is 6.79 Å². The maximum atomic E-state index is 13.4. The molecule has 0 amide bonds. The molecule has 1 N–H and O–H groups in total. The number of H-pyrrole nitrogens is 1. The Balaban J connectivity index is 1.79. The van der Waals surface area contributed by atoms with Crippen molar-refractivity contribution < 1.29 is 13.9 Å². The van der Waals surface area contributed by atoms with Crippen molar-refractivity contribution in [3.05, 3.63) is 52.5 Å². The summed E-state index contributed by atoms with van der Waals surface area (Å²) in [5, 5.41) is 0. The van der Waals surface area contributed by atoms with Gasteiger partial charge in [-0.1, -0.05) is 6.07 Å². The Labute approximate surface area is 124 Å². The van der Waals surface area contributed by atoms with E-state index in [0.29, 0.717) is 11.3 Å². The number of imidazole rings is 1. The highest BCUT2D eigenvalue weighted by molar-refractivity contribution is 7.71. The van der Waals surface area contributed by atoms with Gasteiger partial charge in [-0.2, -0.15) is 0 Å². The lowest BCUT2D eigenvalue weighted by Gasteiger charge is -2.06. The zero-order chi connectivity index (χ0) is 14.4. The number of nitrogens with one attached hydrogen (secondary N) is 1. The maximum Gasteiger partial charge on any atom is 0.231 e. The van der Waals surface area contributed by atoms with E-state index in [1.54, 1.807) is 6.07 Å². The second-order valence-corrected chi connectivity index (χ2v) is 5.25. The van der Waals surface area contributed by atoms with Crippen molar-refractivity contribution in [2.75, 3.05) is 6.79 Å². The molecule has 0 aliphatic carbocycles. The SMILES string of the molecule is Fc1ccc2[nH]c(=S)n(Cc3ccc4c(c3)OCO4)c2c1. The molecule has 0 fully saturated rings. The van der Waals surface area contributed by atoms with Crippen molar-refractivity contribution >= 4 is 23.3 Å². The van der Waals surface area contributed by atoms with E-state index in [1.807, 2.05) is 22.8 Å². The zero-order valence-corrected chi connectivity index (χ0v) is 11.7. The number of halogens is 1. The standard InChI is InChI=1S/C15H11FN2O2S/c16-10-2-3-11-12(6-10)18(15(21)17-11)7-9-1-4-13-14(5-9)20-8-19-13/h1-6H,7-8H2,(H,17,21). The molecule has 0 unspecified atom stereocenters. The van der Waals surface area contributed by atoms with Crippen LogP contribution in [0.3, 0.4) is 0 Å². The quantitative estimate of drug-likeness (QED) is 0.735. The third-order valence-electron chi connectivity index (χ3n) is 3.51. The zero-order valence-electron chi connectivity index (χ0n) is 10.9. The number of hydrogen-bond donors (Lipinski definition) is 1. The monoisotopic (exact) mass is 302 g/mol. The van der Waals surface area contributed by atoms with E-state index in [2.05, 4.69) is 4.98 Å². The van der Waals surface area contributed by atoms with Crippen molar-refractivity contribution in [1.29, 1.82) is 0 Å². The normalized spacial score (nSPS) is 13.0. The molecular formula is C15H11FN2O2S. The fourth-order valence-electron chi connectivity index (χ4n) is 2.50. The minimum absolute atomic E-state index is 0.247. The van der Waals surface area contributed by atoms with Crippen LogP contribution in [0.4, 0.5) is 4.39 Å². The van der Waals surface area contributed by atoms with Crippen molar-refractivity contribution in [1.82, 2.24) is 9.55 Å². The largest absolute Gasteiger partial charge is 0.454 e. The Morgan fingerprint density at radius 1 is 1.14 bits per heavy atom. The first-order valence-corrected chi connectivity index (χ1v) is 6.88. The molecule has 0 atom stereocenters. The predicted molar refractivity (Wildman–Crippen MR) is 78.7 cm³/mol. The highest BCUT2D eigenvalue weighted by atomic mass is 32.1. The summed E-state index contributed by atoms with van der Waals surface area (Å²) in [6.07, 6.45) is 0. The summed E-state index contributed by atoms with van der Waals surface area (Å²) in [6, 6.07) is 10.3. The van der Waals surface area contributed by atoms with Gasteiger partial charge in [-0.3, -0.25) is 0 Å². The second kappa shape index (κ2) is 4.60. The lowest BCUT2D eigenvalue weighted by Crippen LogP contribution is -1.99. The summed E-state index contributed by atoms with van der Waals surface area (Å²) in [5.74, 6) is 1.19. The van der Waals surface area contributed by atoms with Gasteiger partial charge in [0.1, 0.15) is 5.82 Å². The number of nitrogens with zero attached hydrogens (tertiary/aromatic N) is 1. The van der Waals surface area contributed by atoms with Crippen molar-refractivity contribution in [2.24, 2.45) is 0 Å². The van der Waals surface area contributed by atoms with E-state index in [-0.39, 0.29) is 12.6 Å². The van der Waals surface area contributed by atoms with Crippen LogP contribution >= 0.6 is 12.2 Å². The van der Waals surface area contributed by atoms with Gasteiger partial charge in [0.05, 0.1) is 17.6 Å². The molecule has 0 radical (unpaired) electrons. The van der Waals surface area contributed by atoms with E-state index in [4.69, 9.17) is 21.7 Å². The lowest BCUT2D eigenvalue weighted by molar-refractivity contribution is 0.174. The summed E-state index contributed by atoms with van der Waals surface area (Å²) < 4.78 is 26.5. The second-order valence-electron chi connectivity index (χ2n) is 4.87. The highest BCUT2D eigenvalue weighted by Gasteiger charge is 2.14. The van der Waals surface area contributed by atoms with E-state index in [9.17, 15) is 4.39 Å². The predicted octanol–water partition coefficient (Wildman–Crippen LogP) is 3.61. The first-order chi connectivity index (χ1) is 10.2. The molecular weight excluding hydrogens is 291 g/mol. The average molecular weight is 302 g/mol. The van der Waals surface area contributed by atoms with Gasteiger partial charge in [-0.25, -0.2) is 4.39 Å². The first kappa shape index (κ1) is 12.4. The average Bonchev–Trinajstić information content (AvgIpc) is 3.04. The molecule has 2 aromatic carbocycles. The van der Waals surface area contributed by atoms with E-state index < -0.39 is 0 Å². The first-order valence-electron chi connectivity index (χ1n) is 6.47. The Bertz CT molecular complexity index is 900. The molecule has 0 spiro atoms. The van der Waals surface area contributed by atoms with Crippen LogP contribution < -0.4 is 9.47 Å². The minimum atomic E-state index is -0.282. The van der Waals surface area contributed by atoms with Gasteiger partial charge < -0.3 is 19.0 Å². The number of benzene rings is 2. The fraction of sp³-hybridized carbons (Fsp3) is 0.133. The third-order valence-corrected chi connectivity index (χ3v) is 3.84. The van der Waals surface area contributed by atoms with Gasteiger partial charge in [0.15, 0.2) is 16.3 Å². The molecule has 21 heavy (non-hydrogen) atoms. The summed E-state index contributed by atoms with van der Waals surface area (Å²) >= 11 is 5.32. The Kier molecular flexibility index (Phi) is 2.71. The molecule has 2 heterocycles. The maximum absolute atomic E-state index is 13.4. The van der Waals surface area contributed by atoms with Gasteiger partial charge in [0.25, 0.3) is 0 Å². The molecule has 4 rings (SSSR count). The van der Waals surface area contributed by atoms with Crippen LogP contribution in [0.15, 0.2) is 36.4 Å². The van der Waals surface area contributed by atoms with Gasteiger partial charge in [-0.15, -0.1) is 0 Å². The number of aromatic amines is 1. The van der Waals surface area contributed by atoms with Crippen LogP contribution in [-0.2, 0) is 6.54 Å². The Morgan fingerprint density at radius 2 is 2.00 bits per heavy atom. The highest BCUT2D eigenvalue weighted by Crippen LogP contribution is 2.33. The van der Waals surface area contributed by atoms with Crippen molar-refractivity contribution in [3.8, 4) is 11.5 Å². The number of fused-ring (bicyclic) bond motifs is 2. The summed E-state index contributed by atoms with van der Waals surface area (Å²) in [4.78, 5) is 3.08. The fourth-order valence-corrected chi connectivity index (χ4v) is 2.78. The molecule has 0 saturated carbocycles. The van der Waals surface area contributed by atoms with Crippen molar-refractivity contribution in [3.63, 3.8) is 0 Å². The smallest absolute Gasteiger partial charge is 0.231 e. The number of aromatic nitrogens is 2. The number of rotatable bonds is 2. The minimum Gasteiger partial charge on any atom is -0.454 e. The van der Waals surface area contributed by atoms with Gasteiger partial charge >= 0.3 is 0 Å². The summed E-state index contributed by atoms with van der Waals surface area (Å²) in [6.45, 7) is 0.787. The van der Waals surface area contributed by atoms with Crippen LogP contribution in [0, 0.1) is 10.6 Å². The Hall–Kier alpha value is -2.34. The van der Waals surface area contributed by atoms with E-state index in [0.717, 1.165) is 28.1 Å². The molecule has 6 heteroatoms. The van der Waals surface area contributed by atoms with E-state index in [1.165, 1.54) is 12.1 Å². The molecule has 106 valence electrons. The number of ether oxygens (including phenoxy) is 2. The number of hydrogen-bond acceptors (Lipinski definition) is 3. The van der Waals surface area contributed by atoms with Gasteiger partial charge in [0, 0.05) is 0 Å². The van der Waals surface area contributed by atoms with Gasteiger partial charge in [-0.05, 0) is 48.1 Å². The molecule has 1 aliphatic heterocycles. The summed E-state index contributed by atoms with van der Waals surface area (Å²) in [5.41, 5.74) is 2.58. The van der Waals surface area contributed by atoms with E-state index >= 15 is 0 Å². The van der Waals surface area contributed by atoms with Crippen LogP contribution in [0.5, 0.6) is 11.5 Å². The molecule has 0 bridgehead atoms. The van der Waals surface area contributed by atoms with Crippen LogP contribution in [0.2, 0.25) is 0 Å². The topological polar surface area (TPSA) is 39.2 Å². The van der Waals surface area contributed by atoms with Crippen molar-refractivity contribution in [2.45, 2.75) is 6.54 Å². The Morgan fingerprint density at radius 3 is 2.90 bits per heavy atom. The van der Waals surface area contributed by atoms with Crippen LogP contribution in [0.25, 0.3) is 11.0 Å². The molecule has 0 saturated heterocycles. The molecule has 1 aromatic heterocycles. The lowest BCUT2D eigenvalue weighted by atomic mass is 10.2. The molecule has 3 aromatic rings. The summed E-state index contributed by atoms with van der Waals surface area (Å²) in [7, 11) is 0. The molecule has 4 nitrogen and oxygen atoms in total.